The van der Waals surface area contributed by atoms with Gasteiger partial charge in [-0.15, -0.1) is 0 Å². The molecule has 3 aliphatic heterocycles. The lowest BCUT2D eigenvalue weighted by atomic mass is 9.92. The van der Waals surface area contributed by atoms with Crippen LogP contribution in [0.5, 0.6) is 11.5 Å². The molecule has 0 unspecified atom stereocenters. The molecule has 43 heavy (non-hydrogen) atoms. The maximum atomic E-state index is 12.5. The molecule has 1 saturated carbocycles. The van der Waals surface area contributed by atoms with Crippen LogP contribution in [-0.2, 0) is 18.9 Å². The van der Waals surface area contributed by atoms with E-state index in [1.54, 1.807) is 20.3 Å². The van der Waals surface area contributed by atoms with Crippen molar-refractivity contribution in [2.75, 3.05) is 47.1 Å². The van der Waals surface area contributed by atoms with Gasteiger partial charge < -0.3 is 38.6 Å². The molecule has 1 spiro atoms. The minimum atomic E-state index is -0.420. The molecular weight excluding hydrogens is 552 g/mol. The minimum Gasteiger partial charge on any atom is -0.497 e. The van der Waals surface area contributed by atoms with E-state index in [-0.39, 0.29) is 30.3 Å². The summed E-state index contributed by atoms with van der Waals surface area (Å²) in [4.78, 5) is 27.4. The quantitative estimate of drug-likeness (QED) is 0.205. The normalized spacial score (nSPS) is 22.4. The van der Waals surface area contributed by atoms with Crippen molar-refractivity contribution < 1.29 is 38.0 Å². The lowest BCUT2D eigenvalue weighted by molar-refractivity contribution is -0.187. The average molecular weight is 603 g/mol. The van der Waals surface area contributed by atoms with Crippen LogP contribution in [0.3, 0.4) is 0 Å². The molecule has 5 rings (SSSR count). The van der Waals surface area contributed by atoms with Gasteiger partial charge in [0.05, 0.1) is 27.4 Å². The molecule has 1 N–H and O–H groups in total. The number of nitrogens with one attached hydrogen (secondary N) is 1. The number of hydrogen-bond acceptors (Lipinski definition) is 9. The molecule has 2 saturated heterocycles. The van der Waals surface area contributed by atoms with Crippen LogP contribution < -0.4 is 14.8 Å². The smallest absolute Gasteiger partial charge is 0.407 e. The number of hydrogen-bond donors (Lipinski definition) is 1. The van der Waals surface area contributed by atoms with E-state index in [2.05, 4.69) is 10.2 Å². The van der Waals surface area contributed by atoms with Gasteiger partial charge in [-0.05, 0) is 57.6 Å². The zero-order valence-corrected chi connectivity index (χ0v) is 26.0. The van der Waals surface area contributed by atoms with Crippen molar-refractivity contribution in [3.8, 4) is 11.5 Å². The Hall–Kier alpha value is -2.56. The second kappa shape index (κ2) is 15.4. The van der Waals surface area contributed by atoms with Crippen molar-refractivity contribution in [2.45, 2.75) is 114 Å². The minimum absolute atomic E-state index is 0.0442. The molecule has 0 aromatic heterocycles. The monoisotopic (exact) mass is 602 g/mol. The number of likely N-dealkylation sites (tertiary alicyclic amines) is 1. The van der Waals surface area contributed by atoms with Crippen LogP contribution in [0.2, 0.25) is 0 Å². The third-order valence-electron chi connectivity index (χ3n) is 9.49. The molecule has 1 aromatic rings. The number of ether oxygens (including phenoxy) is 6. The molecule has 1 amide bonds. The highest BCUT2D eigenvalue weighted by Gasteiger charge is 2.41. The van der Waals surface area contributed by atoms with Crippen molar-refractivity contribution in [3.05, 3.63) is 23.3 Å². The van der Waals surface area contributed by atoms with E-state index >= 15 is 0 Å². The van der Waals surface area contributed by atoms with Gasteiger partial charge in [0.25, 0.3) is 0 Å². The molecule has 1 aromatic carbocycles. The summed E-state index contributed by atoms with van der Waals surface area (Å²) >= 11 is 0. The number of unbranched alkanes of at least 4 members (excludes halogenated alkanes) is 6. The summed E-state index contributed by atoms with van der Waals surface area (Å²) in [5.41, 5.74) is 1.42. The first kappa shape index (κ1) is 31.9. The van der Waals surface area contributed by atoms with Crippen LogP contribution in [0.4, 0.5) is 4.79 Å². The van der Waals surface area contributed by atoms with Gasteiger partial charge in [-0.2, -0.15) is 0 Å². The maximum absolute atomic E-state index is 12.5. The summed E-state index contributed by atoms with van der Waals surface area (Å²) in [6, 6.07) is 3.83. The van der Waals surface area contributed by atoms with Crippen molar-refractivity contribution in [2.24, 2.45) is 0 Å². The van der Waals surface area contributed by atoms with Crippen LogP contribution in [0.25, 0.3) is 0 Å². The Labute approximate surface area is 256 Å². The second-order valence-corrected chi connectivity index (χ2v) is 12.4. The molecule has 0 bridgehead atoms. The van der Waals surface area contributed by atoms with E-state index in [1.807, 2.05) is 6.07 Å². The van der Waals surface area contributed by atoms with Crippen LogP contribution in [0.15, 0.2) is 12.1 Å². The Balaban J connectivity index is 0.866. The highest BCUT2D eigenvalue weighted by molar-refractivity contribution is 5.97. The van der Waals surface area contributed by atoms with Crippen molar-refractivity contribution >= 4 is 12.1 Å². The Bertz CT molecular complexity index is 1060. The zero-order valence-electron chi connectivity index (χ0n) is 26.0. The van der Waals surface area contributed by atoms with Crippen LogP contribution in [0, 0.1) is 0 Å². The van der Waals surface area contributed by atoms with Crippen LogP contribution >= 0.6 is 0 Å². The summed E-state index contributed by atoms with van der Waals surface area (Å²) in [6.07, 6.45) is 13.7. The number of fused-ring (bicyclic) bond motifs is 1. The van der Waals surface area contributed by atoms with Crippen molar-refractivity contribution in [1.82, 2.24) is 10.2 Å². The molecular formula is C33H50N2O8. The molecule has 240 valence electrons. The Morgan fingerprint density at radius 1 is 0.930 bits per heavy atom. The van der Waals surface area contributed by atoms with Gasteiger partial charge in [-0.3, -0.25) is 0 Å². The van der Waals surface area contributed by atoms with E-state index < -0.39 is 5.79 Å². The van der Waals surface area contributed by atoms with Crippen molar-refractivity contribution in [1.29, 1.82) is 0 Å². The average Bonchev–Trinajstić information content (AvgIpc) is 3.61. The highest BCUT2D eigenvalue weighted by Crippen LogP contribution is 2.42. The van der Waals surface area contributed by atoms with Gasteiger partial charge in [-0.25, -0.2) is 9.59 Å². The number of esters is 1. The molecule has 10 heteroatoms. The predicted octanol–water partition coefficient (Wildman–Crippen LogP) is 5.91. The second-order valence-electron chi connectivity index (χ2n) is 12.4. The largest absolute Gasteiger partial charge is 0.497 e. The third kappa shape index (κ3) is 8.54. The molecule has 3 heterocycles. The number of piperidine rings is 1. The summed E-state index contributed by atoms with van der Waals surface area (Å²) in [7, 11) is 3.18. The molecule has 1 aliphatic carbocycles. The molecule has 3 fully saturated rings. The van der Waals surface area contributed by atoms with E-state index in [0.29, 0.717) is 30.3 Å². The Kier molecular flexibility index (Phi) is 11.4. The zero-order chi connectivity index (χ0) is 30.1. The third-order valence-corrected chi connectivity index (χ3v) is 9.49. The first-order valence-corrected chi connectivity index (χ1v) is 16.4. The van der Waals surface area contributed by atoms with Crippen LogP contribution in [-0.4, -0.2) is 82.0 Å². The molecule has 10 nitrogen and oxygen atoms in total. The van der Waals surface area contributed by atoms with E-state index in [0.717, 1.165) is 83.0 Å². The van der Waals surface area contributed by atoms with E-state index in [4.69, 9.17) is 28.4 Å². The molecule has 0 radical (unpaired) electrons. The first-order chi connectivity index (χ1) is 21.0. The Morgan fingerprint density at radius 2 is 1.60 bits per heavy atom. The number of carbonyl (C=O) groups is 2. The number of nitrogens with zero attached hydrogens (tertiary/aromatic N) is 1. The van der Waals surface area contributed by atoms with E-state index in [1.165, 1.54) is 32.1 Å². The number of carbonyl (C=O) groups excluding carboxylic acids is 2. The summed E-state index contributed by atoms with van der Waals surface area (Å²) < 4.78 is 33.6. The van der Waals surface area contributed by atoms with Gasteiger partial charge >= 0.3 is 12.1 Å². The van der Waals surface area contributed by atoms with Crippen LogP contribution in [0.1, 0.15) is 112 Å². The fourth-order valence-electron chi connectivity index (χ4n) is 6.96. The number of rotatable bonds is 14. The highest BCUT2D eigenvalue weighted by atomic mass is 16.7. The Morgan fingerprint density at radius 3 is 2.28 bits per heavy atom. The first-order valence-electron chi connectivity index (χ1n) is 16.4. The van der Waals surface area contributed by atoms with Gasteiger partial charge in [0.15, 0.2) is 5.79 Å². The lowest BCUT2D eigenvalue weighted by Gasteiger charge is -2.35. The SMILES string of the molecule is COc1cc(OC)c2c(c1)[C@@H](CCCCCCCCCN1CCC(NC(=O)OC3CCC4(CC3)OCCO4)CC1)OC2=O. The fourth-order valence-corrected chi connectivity index (χ4v) is 6.96. The predicted molar refractivity (Wildman–Crippen MR) is 161 cm³/mol. The van der Waals surface area contributed by atoms with Crippen molar-refractivity contribution in [3.63, 3.8) is 0 Å². The van der Waals surface area contributed by atoms with Gasteiger partial charge in [0.2, 0.25) is 0 Å². The summed E-state index contributed by atoms with van der Waals surface area (Å²) in [5.74, 6) is 0.472. The fraction of sp³-hybridized carbons (Fsp3) is 0.758. The van der Waals surface area contributed by atoms with E-state index in [9.17, 15) is 9.59 Å². The molecule has 4 aliphatic rings. The number of benzene rings is 1. The lowest BCUT2D eigenvalue weighted by Crippen LogP contribution is -2.46. The number of methoxy groups -OCH3 is 2. The number of cyclic esters (lactones) is 1. The summed E-state index contributed by atoms with van der Waals surface area (Å²) in [5, 5.41) is 3.10. The summed E-state index contributed by atoms with van der Waals surface area (Å²) in [6.45, 7) is 4.51. The standard InChI is InChI=1S/C33H50N2O8/c1-38-26-22-27-28(43-31(36)30(27)29(23-26)39-2)10-8-6-4-3-5-7-9-17-35-18-13-24(14-19-35)34-32(37)42-25-11-15-33(16-12-25)40-20-21-41-33/h22-25,28H,3-21H2,1-2H3,(H,34,37)/t28-/m1/s1. The van der Waals surface area contributed by atoms with Gasteiger partial charge in [-0.1, -0.05) is 32.1 Å². The van der Waals surface area contributed by atoms with Gasteiger partial charge in [0, 0.05) is 43.6 Å². The van der Waals surface area contributed by atoms with Gasteiger partial charge in [0.1, 0.15) is 29.3 Å². The number of alkyl carbamates (subject to hydrolysis) is 1. The topological polar surface area (TPSA) is 105 Å². The number of amides is 1. The maximum Gasteiger partial charge on any atom is 0.407 e. The molecule has 1 atom stereocenters.